The van der Waals surface area contributed by atoms with Gasteiger partial charge in [0.2, 0.25) is 5.91 Å². The number of nitrogens with zero attached hydrogens (tertiary/aromatic N) is 1. The van der Waals surface area contributed by atoms with Crippen LogP contribution in [0.2, 0.25) is 5.02 Å². The van der Waals surface area contributed by atoms with Gasteiger partial charge in [0.15, 0.2) is 0 Å². The molecule has 19 heavy (non-hydrogen) atoms. The highest BCUT2D eigenvalue weighted by Gasteiger charge is 2.20. The molecule has 0 spiro atoms. The molecule has 1 amide bonds. The third-order valence-corrected chi connectivity index (χ3v) is 3.54. The molecule has 1 aliphatic rings. The van der Waals surface area contributed by atoms with E-state index < -0.39 is 5.82 Å². The van der Waals surface area contributed by atoms with Crippen molar-refractivity contribution in [1.29, 1.82) is 0 Å². The molecule has 0 aromatic heterocycles. The average Bonchev–Trinajstić information content (AvgIpc) is 2.87. The predicted molar refractivity (Wildman–Crippen MR) is 73.9 cm³/mol. The van der Waals surface area contributed by atoms with E-state index in [2.05, 4.69) is 10.6 Å². The summed E-state index contributed by atoms with van der Waals surface area (Å²) in [5.74, 6) is -0.620. The van der Waals surface area contributed by atoms with Crippen LogP contribution < -0.4 is 10.6 Å². The zero-order valence-corrected chi connectivity index (χ0v) is 11.5. The lowest BCUT2D eigenvalue weighted by atomic mass is 10.2. The van der Waals surface area contributed by atoms with Crippen LogP contribution in [0.1, 0.15) is 6.42 Å². The van der Waals surface area contributed by atoms with Crippen LogP contribution >= 0.6 is 11.6 Å². The Morgan fingerprint density at radius 1 is 1.63 bits per heavy atom. The van der Waals surface area contributed by atoms with Gasteiger partial charge in [-0.2, -0.15) is 0 Å². The Kier molecular flexibility index (Phi) is 4.74. The highest BCUT2D eigenvalue weighted by molar-refractivity contribution is 6.31. The van der Waals surface area contributed by atoms with E-state index in [1.807, 2.05) is 11.9 Å². The first-order valence-corrected chi connectivity index (χ1v) is 6.60. The largest absolute Gasteiger partial charge is 0.325 e. The molecule has 1 heterocycles. The molecule has 0 bridgehead atoms. The van der Waals surface area contributed by atoms with Crippen LogP contribution in [0.4, 0.5) is 10.1 Å². The SMILES string of the molecule is CN(CC(=O)Nc1ccc(F)c(Cl)c1)C1CCNC1. The highest BCUT2D eigenvalue weighted by atomic mass is 35.5. The highest BCUT2D eigenvalue weighted by Crippen LogP contribution is 2.19. The van der Waals surface area contributed by atoms with Crippen molar-refractivity contribution in [2.24, 2.45) is 0 Å². The fourth-order valence-electron chi connectivity index (χ4n) is 2.15. The summed E-state index contributed by atoms with van der Waals surface area (Å²) in [7, 11) is 1.93. The Bertz CT molecular complexity index is 463. The van der Waals surface area contributed by atoms with Gasteiger partial charge in [0.05, 0.1) is 11.6 Å². The van der Waals surface area contributed by atoms with E-state index in [1.54, 1.807) is 0 Å². The summed E-state index contributed by atoms with van der Waals surface area (Å²) in [6.07, 6.45) is 1.05. The summed E-state index contributed by atoms with van der Waals surface area (Å²) < 4.78 is 13.0. The molecule has 1 unspecified atom stereocenters. The smallest absolute Gasteiger partial charge is 0.238 e. The number of carbonyl (C=O) groups is 1. The molecule has 1 aliphatic heterocycles. The number of hydrogen-bond donors (Lipinski definition) is 2. The first kappa shape index (κ1) is 14.2. The van der Waals surface area contributed by atoms with Crippen LogP contribution in [0.5, 0.6) is 0 Å². The first-order chi connectivity index (χ1) is 9.06. The molecule has 0 aliphatic carbocycles. The zero-order chi connectivity index (χ0) is 13.8. The minimum absolute atomic E-state index is 0.00569. The van der Waals surface area contributed by atoms with Crippen LogP contribution in [0.15, 0.2) is 18.2 Å². The van der Waals surface area contributed by atoms with Gasteiger partial charge in [0.25, 0.3) is 0 Å². The summed E-state index contributed by atoms with van der Waals surface area (Å²) in [4.78, 5) is 13.9. The van der Waals surface area contributed by atoms with Gasteiger partial charge in [0.1, 0.15) is 5.82 Å². The summed E-state index contributed by atoms with van der Waals surface area (Å²) >= 11 is 5.66. The van der Waals surface area contributed by atoms with E-state index in [0.29, 0.717) is 18.3 Å². The Balaban J connectivity index is 1.88. The maximum Gasteiger partial charge on any atom is 0.238 e. The molecule has 1 saturated heterocycles. The van der Waals surface area contributed by atoms with Crippen LogP contribution in [-0.2, 0) is 4.79 Å². The molecule has 1 fully saturated rings. The number of benzene rings is 1. The Morgan fingerprint density at radius 2 is 2.42 bits per heavy atom. The lowest BCUT2D eigenvalue weighted by Gasteiger charge is -2.22. The molecular formula is C13H17ClFN3O. The lowest BCUT2D eigenvalue weighted by molar-refractivity contribution is -0.117. The molecule has 104 valence electrons. The second kappa shape index (κ2) is 6.32. The summed E-state index contributed by atoms with van der Waals surface area (Å²) in [6.45, 7) is 2.21. The third kappa shape index (κ3) is 3.89. The van der Waals surface area contributed by atoms with Crippen LogP contribution in [0.3, 0.4) is 0 Å². The molecule has 4 nitrogen and oxygen atoms in total. The van der Waals surface area contributed by atoms with Crippen molar-refractivity contribution in [2.45, 2.75) is 12.5 Å². The third-order valence-electron chi connectivity index (χ3n) is 3.25. The minimum Gasteiger partial charge on any atom is -0.325 e. The van der Waals surface area contributed by atoms with Gasteiger partial charge in [-0.25, -0.2) is 4.39 Å². The van der Waals surface area contributed by atoms with E-state index in [1.165, 1.54) is 18.2 Å². The van der Waals surface area contributed by atoms with Crippen LogP contribution in [-0.4, -0.2) is 43.5 Å². The van der Waals surface area contributed by atoms with Crippen LogP contribution in [0, 0.1) is 5.82 Å². The van der Waals surface area contributed by atoms with Gasteiger partial charge in [0, 0.05) is 18.3 Å². The van der Waals surface area contributed by atoms with Gasteiger partial charge >= 0.3 is 0 Å². The van der Waals surface area contributed by atoms with E-state index in [0.717, 1.165) is 19.5 Å². The fourth-order valence-corrected chi connectivity index (χ4v) is 2.33. The second-order valence-electron chi connectivity index (χ2n) is 4.74. The van der Waals surface area contributed by atoms with Crippen molar-refractivity contribution in [3.05, 3.63) is 29.0 Å². The molecule has 0 radical (unpaired) electrons. The number of anilines is 1. The van der Waals surface area contributed by atoms with Crippen molar-refractivity contribution in [3.63, 3.8) is 0 Å². The normalized spacial score (nSPS) is 18.8. The number of rotatable bonds is 4. The number of amides is 1. The van der Waals surface area contributed by atoms with E-state index >= 15 is 0 Å². The lowest BCUT2D eigenvalue weighted by Crippen LogP contribution is -2.39. The van der Waals surface area contributed by atoms with Crippen molar-refractivity contribution in [3.8, 4) is 0 Å². The molecule has 2 rings (SSSR count). The fraction of sp³-hybridized carbons (Fsp3) is 0.462. The second-order valence-corrected chi connectivity index (χ2v) is 5.15. The molecule has 6 heteroatoms. The maximum atomic E-state index is 13.0. The molecule has 1 atom stereocenters. The molecular weight excluding hydrogens is 269 g/mol. The van der Waals surface area contributed by atoms with E-state index in [4.69, 9.17) is 11.6 Å². The van der Waals surface area contributed by atoms with Crippen molar-refractivity contribution in [2.75, 3.05) is 32.0 Å². The van der Waals surface area contributed by atoms with Gasteiger partial charge in [-0.15, -0.1) is 0 Å². The Morgan fingerprint density at radius 3 is 3.05 bits per heavy atom. The number of likely N-dealkylation sites (N-methyl/N-ethyl adjacent to an activating group) is 1. The molecule has 2 N–H and O–H groups in total. The van der Waals surface area contributed by atoms with Gasteiger partial charge in [-0.3, -0.25) is 9.69 Å². The number of halogens is 2. The maximum absolute atomic E-state index is 13.0. The van der Waals surface area contributed by atoms with Crippen molar-refractivity contribution in [1.82, 2.24) is 10.2 Å². The summed E-state index contributed by atoms with van der Waals surface area (Å²) in [5, 5.41) is 5.98. The summed E-state index contributed by atoms with van der Waals surface area (Å²) in [5.41, 5.74) is 0.509. The van der Waals surface area contributed by atoms with Gasteiger partial charge in [-0.05, 0) is 38.2 Å². The van der Waals surface area contributed by atoms with Crippen molar-refractivity contribution >= 4 is 23.2 Å². The first-order valence-electron chi connectivity index (χ1n) is 6.22. The molecule has 0 saturated carbocycles. The van der Waals surface area contributed by atoms with Crippen LogP contribution in [0.25, 0.3) is 0 Å². The zero-order valence-electron chi connectivity index (χ0n) is 10.7. The number of nitrogens with one attached hydrogen (secondary N) is 2. The quantitative estimate of drug-likeness (QED) is 0.885. The molecule has 1 aromatic rings. The minimum atomic E-state index is -0.492. The number of hydrogen-bond acceptors (Lipinski definition) is 3. The summed E-state index contributed by atoms with van der Waals surface area (Å²) in [6, 6.07) is 4.53. The standard InChI is InChI=1S/C13H17ClFN3O/c1-18(10-4-5-16-7-10)8-13(19)17-9-2-3-12(15)11(14)6-9/h2-3,6,10,16H,4-5,7-8H2,1H3,(H,17,19). The monoisotopic (exact) mass is 285 g/mol. The van der Waals surface area contributed by atoms with Gasteiger partial charge in [-0.1, -0.05) is 11.6 Å². The van der Waals surface area contributed by atoms with E-state index in [9.17, 15) is 9.18 Å². The predicted octanol–water partition coefficient (Wildman–Crippen LogP) is 1.71. The van der Waals surface area contributed by atoms with Crippen molar-refractivity contribution < 1.29 is 9.18 Å². The average molecular weight is 286 g/mol. The Hall–Kier alpha value is -1.17. The Labute approximate surface area is 116 Å². The topological polar surface area (TPSA) is 44.4 Å². The van der Waals surface area contributed by atoms with Gasteiger partial charge < -0.3 is 10.6 Å². The van der Waals surface area contributed by atoms with E-state index in [-0.39, 0.29) is 10.9 Å². The number of carbonyl (C=O) groups excluding carboxylic acids is 1. The molecule has 1 aromatic carbocycles.